The molecule has 1 N–H and O–H groups in total. The molecule has 2 aliphatic rings. The number of hydrogen-bond donors (Lipinski definition) is 1. The average Bonchev–Trinajstić information content (AvgIpc) is 3.46. The van der Waals surface area contributed by atoms with Crippen LogP contribution < -0.4 is 10.2 Å². The molecule has 3 heterocycles. The van der Waals surface area contributed by atoms with Crippen LogP contribution in [0.15, 0.2) is 42.5 Å². The number of anilines is 2. The van der Waals surface area contributed by atoms with Gasteiger partial charge in [0.15, 0.2) is 0 Å². The minimum atomic E-state index is -0.394. The van der Waals surface area contributed by atoms with Crippen LogP contribution in [-0.2, 0) is 21.1 Å². The van der Waals surface area contributed by atoms with Crippen LogP contribution in [0, 0.1) is 26.7 Å². The van der Waals surface area contributed by atoms with Crippen molar-refractivity contribution in [3.8, 4) is 5.69 Å². The molecule has 0 radical (unpaired) electrons. The van der Waals surface area contributed by atoms with E-state index in [1.165, 1.54) is 5.56 Å². The van der Waals surface area contributed by atoms with Crippen LogP contribution in [-0.4, -0.2) is 28.1 Å². The van der Waals surface area contributed by atoms with Crippen LogP contribution in [0.5, 0.6) is 0 Å². The monoisotopic (exact) mass is 446 g/mol. The summed E-state index contributed by atoms with van der Waals surface area (Å²) in [5, 5.41) is 7.91. The van der Waals surface area contributed by atoms with Gasteiger partial charge in [-0.05, 0) is 61.7 Å². The van der Waals surface area contributed by atoms with Gasteiger partial charge in [0, 0.05) is 35.7 Å². The van der Waals surface area contributed by atoms with Gasteiger partial charge in [-0.3, -0.25) is 9.59 Å². The van der Waals surface area contributed by atoms with Crippen molar-refractivity contribution >= 4 is 35.1 Å². The Labute approximate surface area is 192 Å². The van der Waals surface area contributed by atoms with E-state index in [1.54, 1.807) is 16.7 Å². The Morgan fingerprint density at radius 1 is 1.06 bits per heavy atom. The van der Waals surface area contributed by atoms with Gasteiger partial charge in [0.05, 0.1) is 17.3 Å². The third kappa shape index (κ3) is 3.71. The second kappa shape index (κ2) is 8.13. The van der Waals surface area contributed by atoms with Crippen LogP contribution in [0.3, 0.4) is 0 Å². The highest BCUT2D eigenvalue weighted by atomic mass is 32.2. The molecule has 5 rings (SSSR count). The van der Waals surface area contributed by atoms with Gasteiger partial charge in [-0.15, -0.1) is 0 Å². The number of fused-ring (bicyclic) bond motifs is 1. The van der Waals surface area contributed by atoms with Crippen LogP contribution >= 0.6 is 11.8 Å². The number of rotatable bonds is 4. The Balaban J connectivity index is 1.40. The number of nitrogens with zero attached hydrogens (tertiary/aromatic N) is 3. The summed E-state index contributed by atoms with van der Waals surface area (Å²) in [6, 6.07) is 14.1. The molecular weight excluding hydrogens is 420 g/mol. The molecule has 1 atom stereocenters. The third-order valence-corrected chi connectivity index (χ3v) is 7.31. The summed E-state index contributed by atoms with van der Waals surface area (Å²) in [5.74, 6) is 1.88. The van der Waals surface area contributed by atoms with Crippen LogP contribution in [0.25, 0.3) is 5.69 Å². The van der Waals surface area contributed by atoms with Crippen molar-refractivity contribution in [1.82, 2.24) is 9.78 Å². The van der Waals surface area contributed by atoms with E-state index < -0.39 is 5.92 Å². The maximum atomic E-state index is 13.3. The van der Waals surface area contributed by atoms with Crippen molar-refractivity contribution in [2.45, 2.75) is 38.7 Å². The molecule has 1 unspecified atom stereocenters. The first-order valence-corrected chi connectivity index (χ1v) is 12.0. The lowest BCUT2D eigenvalue weighted by atomic mass is 10.1. The zero-order valence-corrected chi connectivity index (χ0v) is 19.3. The number of carbonyl (C=O) groups excluding carboxylic acids is 2. The van der Waals surface area contributed by atoms with Gasteiger partial charge in [-0.1, -0.05) is 18.2 Å². The summed E-state index contributed by atoms with van der Waals surface area (Å²) >= 11 is 1.80. The molecular formula is C25H26N4O2S. The molecule has 6 nitrogen and oxygen atoms in total. The van der Waals surface area contributed by atoms with E-state index in [-0.39, 0.29) is 18.2 Å². The lowest BCUT2D eigenvalue weighted by Gasteiger charge is -2.18. The topological polar surface area (TPSA) is 67.2 Å². The fourth-order valence-electron chi connectivity index (χ4n) is 4.33. The van der Waals surface area contributed by atoms with Gasteiger partial charge in [0.1, 0.15) is 5.82 Å². The molecule has 0 saturated carbocycles. The molecule has 0 spiro atoms. The predicted molar refractivity (Wildman–Crippen MR) is 128 cm³/mol. The molecule has 3 aromatic rings. The summed E-state index contributed by atoms with van der Waals surface area (Å²) in [7, 11) is 0. The van der Waals surface area contributed by atoms with Crippen LogP contribution in [0.2, 0.25) is 0 Å². The summed E-state index contributed by atoms with van der Waals surface area (Å²) in [6.07, 6.45) is 0.217. The highest BCUT2D eigenvalue weighted by molar-refractivity contribution is 7.98. The van der Waals surface area contributed by atoms with Crippen molar-refractivity contribution in [3.63, 3.8) is 0 Å². The Morgan fingerprint density at radius 3 is 2.69 bits per heavy atom. The quantitative estimate of drug-likeness (QED) is 0.639. The summed E-state index contributed by atoms with van der Waals surface area (Å²) in [6.45, 7) is 6.52. The van der Waals surface area contributed by atoms with Gasteiger partial charge in [0.25, 0.3) is 0 Å². The number of hydrogen-bond acceptors (Lipinski definition) is 4. The molecule has 0 bridgehead atoms. The SMILES string of the molecule is Cc1cccc(-n2nc3c(c2NC(=O)C2CC(=O)N(c4ccc(C)c(C)c4)C2)CSC3)c1. The smallest absolute Gasteiger partial charge is 0.230 e. The number of aromatic nitrogens is 2. The maximum absolute atomic E-state index is 13.3. The van der Waals surface area contributed by atoms with E-state index in [4.69, 9.17) is 5.10 Å². The van der Waals surface area contributed by atoms with Crippen molar-refractivity contribution in [2.24, 2.45) is 5.92 Å². The number of benzene rings is 2. The largest absolute Gasteiger partial charge is 0.312 e. The van der Waals surface area contributed by atoms with Gasteiger partial charge < -0.3 is 10.2 Å². The molecule has 2 amide bonds. The van der Waals surface area contributed by atoms with Crippen molar-refractivity contribution < 1.29 is 9.59 Å². The first kappa shape index (κ1) is 20.8. The lowest BCUT2D eigenvalue weighted by Crippen LogP contribution is -2.29. The Kier molecular flexibility index (Phi) is 5.29. The summed E-state index contributed by atoms with van der Waals surface area (Å²) in [5.41, 5.74) is 7.35. The van der Waals surface area contributed by atoms with E-state index in [1.807, 2.05) is 54.9 Å². The first-order valence-electron chi connectivity index (χ1n) is 10.8. The molecule has 2 aliphatic heterocycles. The van der Waals surface area contributed by atoms with Crippen molar-refractivity contribution in [1.29, 1.82) is 0 Å². The van der Waals surface area contributed by atoms with Crippen LogP contribution in [0.4, 0.5) is 11.5 Å². The van der Waals surface area contributed by atoms with Gasteiger partial charge in [-0.2, -0.15) is 16.9 Å². The fourth-order valence-corrected chi connectivity index (χ4v) is 5.37. The van der Waals surface area contributed by atoms with E-state index >= 15 is 0 Å². The first-order chi connectivity index (χ1) is 15.4. The average molecular weight is 447 g/mol. The maximum Gasteiger partial charge on any atom is 0.230 e. The lowest BCUT2D eigenvalue weighted by molar-refractivity contribution is -0.122. The molecule has 2 aromatic carbocycles. The minimum absolute atomic E-state index is 0.0126. The Bertz CT molecular complexity index is 1230. The zero-order chi connectivity index (χ0) is 22.4. The van der Waals surface area contributed by atoms with E-state index in [2.05, 4.69) is 18.3 Å². The molecule has 164 valence electrons. The van der Waals surface area contributed by atoms with Crippen molar-refractivity contribution in [2.75, 3.05) is 16.8 Å². The van der Waals surface area contributed by atoms with E-state index in [9.17, 15) is 9.59 Å². The van der Waals surface area contributed by atoms with Crippen LogP contribution in [0.1, 0.15) is 34.4 Å². The number of thioether (sulfide) groups is 1. The standard InChI is InChI=1S/C25H26N4O2S/c1-15-5-4-6-20(9-15)29-24(21-13-32-14-22(21)27-29)26-25(31)18-11-23(30)28(12-18)19-8-7-16(2)17(3)10-19/h4-10,18H,11-14H2,1-3H3,(H,26,31). The Morgan fingerprint density at radius 2 is 1.91 bits per heavy atom. The van der Waals surface area contributed by atoms with Gasteiger partial charge >= 0.3 is 0 Å². The van der Waals surface area contributed by atoms with E-state index in [0.717, 1.165) is 51.1 Å². The highest BCUT2D eigenvalue weighted by Crippen LogP contribution is 2.37. The van der Waals surface area contributed by atoms with E-state index in [0.29, 0.717) is 6.54 Å². The highest BCUT2D eigenvalue weighted by Gasteiger charge is 2.36. The number of aryl methyl sites for hydroxylation is 3. The number of carbonyl (C=O) groups is 2. The zero-order valence-electron chi connectivity index (χ0n) is 18.5. The second-order valence-corrected chi connectivity index (χ2v) is 9.67. The molecule has 1 aromatic heterocycles. The van der Waals surface area contributed by atoms with Gasteiger partial charge in [-0.25, -0.2) is 4.68 Å². The molecule has 1 fully saturated rings. The summed E-state index contributed by atoms with van der Waals surface area (Å²) in [4.78, 5) is 27.7. The fraction of sp³-hybridized carbons (Fsp3) is 0.320. The molecule has 0 aliphatic carbocycles. The molecule has 1 saturated heterocycles. The molecule has 7 heteroatoms. The van der Waals surface area contributed by atoms with Crippen molar-refractivity contribution in [3.05, 3.63) is 70.4 Å². The summed E-state index contributed by atoms with van der Waals surface area (Å²) < 4.78 is 1.84. The number of amides is 2. The Hall–Kier alpha value is -3.06. The predicted octanol–water partition coefficient (Wildman–Crippen LogP) is 4.54. The van der Waals surface area contributed by atoms with Gasteiger partial charge in [0.2, 0.25) is 11.8 Å². The second-order valence-electron chi connectivity index (χ2n) is 8.68. The normalized spacial score (nSPS) is 17.7. The third-order valence-electron chi connectivity index (χ3n) is 6.34. The minimum Gasteiger partial charge on any atom is -0.312 e. The molecule has 32 heavy (non-hydrogen) atoms. The number of nitrogens with one attached hydrogen (secondary N) is 1.